The van der Waals surface area contributed by atoms with Gasteiger partial charge in [-0.15, -0.1) is 0 Å². The minimum absolute atomic E-state index is 0.185. The minimum atomic E-state index is -0.758. The molecule has 0 fully saturated rings. The highest BCUT2D eigenvalue weighted by Gasteiger charge is 2.04. The average Bonchev–Trinajstić information content (AvgIpc) is 2.06. The van der Waals surface area contributed by atoms with Crippen LogP contribution in [-0.2, 0) is 0 Å². The molecule has 1 rings (SSSR count). The summed E-state index contributed by atoms with van der Waals surface area (Å²) in [6.45, 7) is 0. The summed E-state index contributed by atoms with van der Waals surface area (Å²) in [7, 11) is 0. The molecule has 0 aliphatic carbocycles. The molecule has 0 unspecified atom stereocenters. The standard InChI is InChI=1S/C8H6Cl3N/c9-7(10)8(11)12-6-4-2-1-3-5-6/h1-5,7H. The molecule has 4 heteroatoms. The number of rotatable bonds is 2. The number of hydrogen-bond acceptors (Lipinski definition) is 1. The van der Waals surface area contributed by atoms with Crippen LogP contribution in [0.3, 0.4) is 0 Å². The van der Waals surface area contributed by atoms with Crippen LogP contribution in [0.2, 0.25) is 0 Å². The van der Waals surface area contributed by atoms with Crippen molar-refractivity contribution >= 4 is 45.7 Å². The van der Waals surface area contributed by atoms with Gasteiger partial charge in [0.1, 0.15) is 5.17 Å². The summed E-state index contributed by atoms with van der Waals surface area (Å²) >= 11 is 16.6. The highest BCUT2D eigenvalue weighted by atomic mass is 35.5. The van der Waals surface area contributed by atoms with Crippen LogP contribution >= 0.6 is 34.8 Å². The first kappa shape index (κ1) is 9.85. The van der Waals surface area contributed by atoms with Crippen molar-refractivity contribution in [3.05, 3.63) is 30.3 Å². The van der Waals surface area contributed by atoms with Crippen molar-refractivity contribution in [1.29, 1.82) is 0 Å². The summed E-state index contributed by atoms with van der Waals surface area (Å²) in [5.74, 6) is 0. The quantitative estimate of drug-likeness (QED) is 0.534. The van der Waals surface area contributed by atoms with E-state index in [0.717, 1.165) is 5.69 Å². The van der Waals surface area contributed by atoms with Crippen LogP contribution in [0.4, 0.5) is 5.69 Å². The van der Waals surface area contributed by atoms with Crippen LogP contribution < -0.4 is 0 Å². The molecule has 1 aromatic rings. The van der Waals surface area contributed by atoms with Crippen molar-refractivity contribution in [3.8, 4) is 0 Å². The zero-order chi connectivity index (χ0) is 8.97. The monoisotopic (exact) mass is 221 g/mol. The van der Waals surface area contributed by atoms with Crippen molar-refractivity contribution in [2.75, 3.05) is 0 Å². The van der Waals surface area contributed by atoms with E-state index in [1.54, 1.807) is 0 Å². The number of aliphatic imine (C=N–C) groups is 1. The second-order valence-electron chi connectivity index (χ2n) is 2.07. The maximum absolute atomic E-state index is 5.64. The number of benzene rings is 1. The first-order valence-electron chi connectivity index (χ1n) is 3.27. The van der Waals surface area contributed by atoms with Crippen LogP contribution in [0.5, 0.6) is 0 Å². The van der Waals surface area contributed by atoms with E-state index < -0.39 is 4.84 Å². The molecule has 0 spiro atoms. The van der Waals surface area contributed by atoms with Crippen molar-refractivity contribution in [1.82, 2.24) is 0 Å². The fourth-order valence-corrected chi connectivity index (χ4v) is 0.870. The molecule has 0 radical (unpaired) electrons. The molecule has 12 heavy (non-hydrogen) atoms. The van der Waals surface area contributed by atoms with E-state index in [9.17, 15) is 0 Å². The van der Waals surface area contributed by atoms with Gasteiger partial charge in [0.2, 0.25) is 0 Å². The van der Waals surface area contributed by atoms with E-state index >= 15 is 0 Å². The van der Waals surface area contributed by atoms with E-state index in [1.165, 1.54) is 0 Å². The molecule has 0 heterocycles. The van der Waals surface area contributed by atoms with Crippen molar-refractivity contribution < 1.29 is 0 Å². The maximum Gasteiger partial charge on any atom is 0.160 e. The fourth-order valence-electron chi connectivity index (χ4n) is 0.675. The van der Waals surface area contributed by atoms with Gasteiger partial charge in [0.25, 0.3) is 0 Å². The third-order valence-corrected chi connectivity index (χ3v) is 2.11. The summed E-state index contributed by atoms with van der Waals surface area (Å²) in [6, 6.07) is 9.25. The van der Waals surface area contributed by atoms with Crippen LogP contribution in [0.1, 0.15) is 0 Å². The highest BCUT2D eigenvalue weighted by Crippen LogP contribution is 2.16. The highest BCUT2D eigenvalue weighted by molar-refractivity contribution is 6.77. The predicted molar refractivity (Wildman–Crippen MR) is 54.9 cm³/mol. The van der Waals surface area contributed by atoms with Crippen LogP contribution in [0.15, 0.2) is 35.3 Å². The molecule has 0 saturated heterocycles. The van der Waals surface area contributed by atoms with Gasteiger partial charge in [-0.25, -0.2) is 4.99 Å². The first-order chi connectivity index (χ1) is 5.70. The van der Waals surface area contributed by atoms with Gasteiger partial charge >= 0.3 is 0 Å². The zero-order valence-electron chi connectivity index (χ0n) is 6.05. The van der Waals surface area contributed by atoms with Gasteiger partial charge in [0.15, 0.2) is 4.84 Å². The summed E-state index contributed by atoms with van der Waals surface area (Å²) in [5.41, 5.74) is 0.744. The van der Waals surface area contributed by atoms with Crippen LogP contribution in [0, 0.1) is 0 Å². The predicted octanol–water partition coefficient (Wildman–Crippen LogP) is 3.76. The second kappa shape index (κ2) is 4.70. The van der Waals surface area contributed by atoms with Crippen molar-refractivity contribution in [3.63, 3.8) is 0 Å². The lowest BCUT2D eigenvalue weighted by Gasteiger charge is -1.97. The van der Waals surface area contributed by atoms with E-state index in [2.05, 4.69) is 4.99 Å². The van der Waals surface area contributed by atoms with Crippen molar-refractivity contribution in [2.24, 2.45) is 4.99 Å². The number of alkyl halides is 2. The van der Waals surface area contributed by atoms with E-state index in [0.29, 0.717) is 0 Å². The van der Waals surface area contributed by atoms with Gasteiger partial charge in [-0.05, 0) is 12.1 Å². The van der Waals surface area contributed by atoms with E-state index in [1.807, 2.05) is 30.3 Å². The number of para-hydroxylation sites is 1. The van der Waals surface area contributed by atoms with E-state index in [-0.39, 0.29) is 5.17 Å². The zero-order valence-corrected chi connectivity index (χ0v) is 8.31. The van der Waals surface area contributed by atoms with Crippen LogP contribution in [-0.4, -0.2) is 10.0 Å². The normalized spacial score (nSPS) is 12.2. The number of nitrogens with zero attached hydrogens (tertiary/aromatic N) is 1. The van der Waals surface area contributed by atoms with Gasteiger partial charge in [-0.3, -0.25) is 0 Å². The Morgan fingerprint density at radius 3 is 2.25 bits per heavy atom. The Morgan fingerprint density at radius 1 is 1.17 bits per heavy atom. The molecular weight excluding hydrogens is 216 g/mol. The lowest BCUT2D eigenvalue weighted by Crippen LogP contribution is -1.97. The van der Waals surface area contributed by atoms with E-state index in [4.69, 9.17) is 34.8 Å². The van der Waals surface area contributed by atoms with Gasteiger partial charge in [0, 0.05) is 0 Å². The molecule has 0 aliphatic heterocycles. The molecule has 64 valence electrons. The molecular formula is C8H6Cl3N. The Kier molecular flexibility index (Phi) is 3.86. The Balaban J connectivity index is 2.81. The molecule has 0 aromatic heterocycles. The maximum atomic E-state index is 5.64. The lowest BCUT2D eigenvalue weighted by atomic mass is 10.3. The smallest absolute Gasteiger partial charge is 0.160 e. The number of halogens is 3. The van der Waals surface area contributed by atoms with Gasteiger partial charge in [-0.2, -0.15) is 0 Å². The Labute approximate surface area is 86.0 Å². The third kappa shape index (κ3) is 3.02. The molecule has 0 aliphatic rings. The molecule has 0 N–H and O–H groups in total. The topological polar surface area (TPSA) is 12.4 Å². The molecule has 1 aromatic carbocycles. The molecule has 0 atom stereocenters. The largest absolute Gasteiger partial charge is 0.238 e. The summed E-state index contributed by atoms with van der Waals surface area (Å²) in [6.07, 6.45) is 0. The fraction of sp³-hybridized carbons (Fsp3) is 0.125. The Morgan fingerprint density at radius 2 is 1.75 bits per heavy atom. The van der Waals surface area contributed by atoms with Crippen molar-refractivity contribution in [2.45, 2.75) is 4.84 Å². The first-order valence-corrected chi connectivity index (χ1v) is 4.52. The minimum Gasteiger partial charge on any atom is -0.238 e. The van der Waals surface area contributed by atoms with Crippen LogP contribution in [0.25, 0.3) is 0 Å². The molecule has 1 nitrogen and oxygen atoms in total. The van der Waals surface area contributed by atoms with Gasteiger partial charge in [0.05, 0.1) is 5.69 Å². The summed E-state index contributed by atoms with van der Waals surface area (Å²) < 4.78 is 0. The third-order valence-electron chi connectivity index (χ3n) is 1.17. The average molecular weight is 223 g/mol. The molecule has 0 bridgehead atoms. The SMILES string of the molecule is ClC(=Nc1ccccc1)C(Cl)Cl. The second-order valence-corrected chi connectivity index (χ2v) is 3.55. The lowest BCUT2D eigenvalue weighted by molar-refractivity contribution is 1.51. The van der Waals surface area contributed by atoms with Gasteiger partial charge in [-0.1, -0.05) is 53.0 Å². The number of hydrogen-bond donors (Lipinski definition) is 0. The summed E-state index contributed by atoms with van der Waals surface area (Å²) in [4.78, 5) is 3.22. The molecule has 0 saturated carbocycles. The Hall–Kier alpha value is -0.240. The van der Waals surface area contributed by atoms with Gasteiger partial charge < -0.3 is 0 Å². The summed E-state index contributed by atoms with van der Waals surface area (Å²) in [5, 5.41) is 0.185. The Bertz CT molecular complexity index is 269. The molecule has 0 amide bonds.